The summed E-state index contributed by atoms with van der Waals surface area (Å²) < 4.78 is 0. The molecule has 0 aromatic heterocycles. The van der Waals surface area contributed by atoms with Crippen molar-refractivity contribution in [3.63, 3.8) is 0 Å². The Morgan fingerprint density at radius 2 is 1.80 bits per heavy atom. The van der Waals surface area contributed by atoms with Crippen molar-refractivity contribution in [2.75, 3.05) is 0 Å². The molecule has 2 unspecified atom stereocenters. The molecule has 1 aliphatic carbocycles. The van der Waals surface area contributed by atoms with Crippen LogP contribution in [-0.4, -0.2) is 18.0 Å². The molecule has 3 nitrogen and oxygen atoms in total. The molecule has 0 spiro atoms. The van der Waals surface area contributed by atoms with E-state index >= 15 is 0 Å². The average Bonchev–Trinajstić information content (AvgIpc) is 2.27. The molecule has 4 heteroatoms. The average molecular weight is 305 g/mol. The highest BCUT2D eigenvalue weighted by Crippen LogP contribution is 2.32. The van der Waals surface area contributed by atoms with Crippen molar-refractivity contribution in [1.29, 1.82) is 0 Å². The quantitative estimate of drug-likeness (QED) is 0.814. The van der Waals surface area contributed by atoms with Gasteiger partial charge in [-0.25, -0.2) is 0 Å². The van der Waals surface area contributed by atoms with Crippen LogP contribution in [0.5, 0.6) is 0 Å². The fraction of sp³-hybridized carbons (Fsp3) is 0.938. The maximum Gasteiger partial charge on any atom is 0.221 e. The second-order valence-electron chi connectivity index (χ2n) is 7.41. The minimum absolute atomic E-state index is 0. The van der Waals surface area contributed by atoms with E-state index in [0.29, 0.717) is 6.42 Å². The number of hydrogen-bond donors (Lipinski definition) is 2. The highest BCUT2D eigenvalue weighted by atomic mass is 35.5. The fourth-order valence-electron chi connectivity index (χ4n) is 2.93. The number of carbonyl (C=O) groups excluding carboxylic acids is 1. The predicted molar refractivity (Wildman–Crippen MR) is 88.1 cm³/mol. The first-order valence-electron chi connectivity index (χ1n) is 7.84. The van der Waals surface area contributed by atoms with Crippen molar-refractivity contribution < 1.29 is 4.79 Å². The molecular weight excluding hydrogens is 272 g/mol. The molecule has 0 aromatic carbocycles. The third-order valence-corrected chi connectivity index (χ3v) is 4.18. The van der Waals surface area contributed by atoms with Crippen molar-refractivity contribution in [2.45, 2.75) is 84.7 Å². The van der Waals surface area contributed by atoms with Gasteiger partial charge in [0, 0.05) is 18.5 Å². The Bertz CT molecular complexity index is 281. The maximum absolute atomic E-state index is 12.0. The van der Waals surface area contributed by atoms with E-state index < -0.39 is 0 Å². The molecule has 1 aliphatic rings. The van der Waals surface area contributed by atoms with Crippen LogP contribution in [0.1, 0.15) is 72.6 Å². The Kier molecular flexibility index (Phi) is 8.76. The van der Waals surface area contributed by atoms with Gasteiger partial charge in [-0.15, -0.1) is 12.4 Å². The Labute approximate surface area is 130 Å². The van der Waals surface area contributed by atoms with Gasteiger partial charge < -0.3 is 11.1 Å². The lowest BCUT2D eigenvalue weighted by atomic mass is 9.77. The van der Waals surface area contributed by atoms with Gasteiger partial charge in [-0.1, -0.05) is 52.9 Å². The van der Waals surface area contributed by atoms with Gasteiger partial charge >= 0.3 is 0 Å². The number of carbonyl (C=O) groups is 1. The summed E-state index contributed by atoms with van der Waals surface area (Å²) in [7, 11) is 0. The summed E-state index contributed by atoms with van der Waals surface area (Å²) in [4.78, 5) is 12.0. The summed E-state index contributed by atoms with van der Waals surface area (Å²) in [6, 6.07) is 0.206. The van der Waals surface area contributed by atoms with E-state index in [4.69, 9.17) is 5.73 Å². The predicted octanol–water partition coefficient (Wildman–Crippen LogP) is 3.65. The number of amides is 1. The van der Waals surface area contributed by atoms with Gasteiger partial charge in [0.2, 0.25) is 5.91 Å². The Morgan fingerprint density at radius 3 is 2.25 bits per heavy atom. The Hall–Kier alpha value is -0.280. The molecule has 0 saturated heterocycles. The third kappa shape index (κ3) is 7.49. The molecule has 0 radical (unpaired) electrons. The largest absolute Gasteiger partial charge is 0.353 e. The zero-order valence-electron chi connectivity index (χ0n) is 13.6. The normalized spacial score (nSPS) is 19.9. The molecule has 0 heterocycles. The Balaban J connectivity index is 0.00000361. The molecule has 3 N–H and O–H groups in total. The molecule has 0 bridgehead atoms. The monoisotopic (exact) mass is 304 g/mol. The van der Waals surface area contributed by atoms with E-state index in [2.05, 4.69) is 26.1 Å². The second kappa shape index (κ2) is 8.89. The smallest absolute Gasteiger partial charge is 0.221 e. The maximum atomic E-state index is 12.0. The molecule has 1 amide bonds. The fourth-order valence-corrected chi connectivity index (χ4v) is 2.93. The molecule has 1 fully saturated rings. The SMILES string of the molecule is CC(N)CC(=O)NC(CC1CCCCC1)C(C)(C)C.Cl. The molecule has 1 rings (SSSR count). The zero-order chi connectivity index (χ0) is 14.5. The van der Waals surface area contributed by atoms with Crippen LogP contribution in [0.15, 0.2) is 0 Å². The minimum atomic E-state index is -0.0599. The Morgan fingerprint density at radius 1 is 1.25 bits per heavy atom. The van der Waals surface area contributed by atoms with Gasteiger partial charge in [0.1, 0.15) is 0 Å². The van der Waals surface area contributed by atoms with E-state index in [0.717, 1.165) is 12.3 Å². The molecule has 20 heavy (non-hydrogen) atoms. The molecule has 2 atom stereocenters. The van der Waals surface area contributed by atoms with Crippen molar-refractivity contribution in [3.8, 4) is 0 Å². The van der Waals surface area contributed by atoms with Crippen LogP contribution in [0.2, 0.25) is 0 Å². The lowest BCUT2D eigenvalue weighted by Crippen LogP contribution is -2.46. The highest BCUT2D eigenvalue weighted by Gasteiger charge is 2.29. The first-order valence-corrected chi connectivity index (χ1v) is 7.84. The summed E-state index contributed by atoms with van der Waals surface area (Å²) in [5, 5.41) is 3.22. The molecule has 1 saturated carbocycles. The van der Waals surface area contributed by atoms with E-state index in [1.807, 2.05) is 6.92 Å². The lowest BCUT2D eigenvalue weighted by Gasteiger charge is -2.35. The van der Waals surface area contributed by atoms with Gasteiger partial charge in [-0.2, -0.15) is 0 Å². The van der Waals surface area contributed by atoms with Crippen molar-refractivity contribution in [3.05, 3.63) is 0 Å². The molecule has 120 valence electrons. The second-order valence-corrected chi connectivity index (χ2v) is 7.41. The van der Waals surface area contributed by atoms with Crippen molar-refractivity contribution >= 4 is 18.3 Å². The number of rotatable bonds is 5. The van der Waals surface area contributed by atoms with Gasteiger partial charge in [-0.3, -0.25) is 4.79 Å². The number of nitrogens with two attached hydrogens (primary N) is 1. The third-order valence-electron chi connectivity index (χ3n) is 4.18. The standard InChI is InChI=1S/C16H32N2O.ClH/c1-12(17)10-15(19)18-14(16(2,3)4)11-13-8-6-5-7-9-13;/h12-14H,5-11,17H2,1-4H3,(H,18,19);1H. The number of hydrogen-bond acceptors (Lipinski definition) is 2. The van der Waals surface area contributed by atoms with Gasteiger partial charge in [-0.05, 0) is 24.7 Å². The summed E-state index contributed by atoms with van der Waals surface area (Å²) in [6.07, 6.45) is 8.30. The summed E-state index contributed by atoms with van der Waals surface area (Å²) in [5.74, 6) is 0.888. The van der Waals surface area contributed by atoms with Crippen LogP contribution in [0.25, 0.3) is 0 Å². The van der Waals surface area contributed by atoms with Gasteiger partial charge in [0.15, 0.2) is 0 Å². The van der Waals surface area contributed by atoms with E-state index in [9.17, 15) is 4.79 Å². The highest BCUT2D eigenvalue weighted by molar-refractivity contribution is 5.85. The van der Waals surface area contributed by atoms with Crippen LogP contribution < -0.4 is 11.1 Å². The summed E-state index contributed by atoms with van der Waals surface area (Å²) in [6.45, 7) is 8.53. The zero-order valence-corrected chi connectivity index (χ0v) is 14.4. The van der Waals surface area contributed by atoms with Crippen molar-refractivity contribution in [2.24, 2.45) is 17.1 Å². The van der Waals surface area contributed by atoms with Gasteiger partial charge in [0.05, 0.1) is 0 Å². The van der Waals surface area contributed by atoms with E-state index in [1.165, 1.54) is 32.1 Å². The van der Waals surface area contributed by atoms with Crippen LogP contribution in [0, 0.1) is 11.3 Å². The van der Waals surface area contributed by atoms with Crippen LogP contribution in [0.4, 0.5) is 0 Å². The molecule has 0 aliphatic heterocycles. The minimum Gasteiger partial charge on any atom is -0.353 e. The van der Waals surface area contributed by atoms with Crippen LogP contribution in [-0.2, 0) is 4.79 Å². The molecular formula is C16H33ClN2O. The summed E-state index contributed by atoms with van der Waals surface area (Å²) in [5.41, 5.74) is 5.82. The van der Waals surface area contributed by atoms with Crippen LogP contribution >= 0.6 is 12.4 Å². The van der Waals surface area contributed by atoms with Crippen molar-refractivity contribution in [1.82, 2.24) is 5.32 Å². The van der Waals surface area contributed by atoms with Crippen LogP contribution in [0.3, 0.4) is 0 Å². The van der Waals surface area contributed by atoms with E-state index in [-0.39, 0.29) is 35.8 Å². The topological polar surface area (TPSA) is 55.1 Å². The number of nitrogens with one attached hydrogen (secondary N) is 1. The lowest BCUT2D eigenvalue weighted by molar-refractivity contribution is -0.123. The first-order chi connectivity index (χ1) is 8.79. The number of halogens is 1. The first kappa shape index (κ1) is 19.7. The summed E-state index contributed by atoms with van der Waals surface area (Å²) >= 11 is 0. The van der Waals surface area contributed by atoms with Gasteiger partial charge in [0.25, 0.3) is 0 Å². The van der Waals surface area contributed by atoms with E-state index in [1.54, 1.807) is 0 Å². The molecule has 0 aromatic rings.